The maximum Gasteiger partial charge on any atom is 0.258 e. The van der Waals surface area contributed by atoms with Crippen molar-refractivity contribution in [3.63, 3.8) is 0 Å². The highest BCUT2D eigenvalue weighted by Crippen LogP contribution is 2.33. The summed E-state index contributed by atoms with van der Waals surface area (Å²) in [7, 11) is 0. The predicted octanol–water partition coefficient (Wildman–Crippen LogP) is 4.45. The van der Waals surface area contributed by atoms with E-state index < -0.39 is 0 Å². The Kier molecular flexibility index (Phi) is 5.21. The first-order chi connectivity index (χ1) is 14.7. The van der Waals surface area contributed by atoms with Crippen LogP contribution in [0, 0.1) is 5.92 Å². The molecule has 7 heteroatoms. The average molecular weight is 421 g/mol. The molecule has 1 aromatic carbocycles. The predicted molar refractivity (Wildman–Crippen MR) is 118 cm³/mol. The number of nitrogens with zero attached hydrogens (tertiary/aromatic N) is 3. The summed E-state index contributed by atoms with van der Waals surface area (Å²) < 4.78 is 0. The quantitative estimate of drug-likeness (QED) is 0.677. The number of pyridine rings is 1. The van der Waals surface area contributed by atoms with Gasteiger partial charge in [0.05, 0.1) is 11.1 Å². The molecule has 3 aromatic rings. The standard InChI is InChI=1S/C23H24N4O2S/c28-21(26-23-24-10-12-30-23)18-13-20(25-19-8-4-3-7-17(18)19)16-9-11-27(14-16)22(29)15-5-1-2-6-15/h3-4,7-8,10,12-13,15-16H,1-2,5-6,9,11,14H2,(H,24,26,28). The van der Waals surface area contributed by atoms with E-state index in [0.29, 0.717) is 23.1 Å². The number of thiazole rings is 1. The molecule has 154 valence electrons. The summed E-state index contributed by atoms with van der Waals surface area (Å²) in [5.74, 6) is 0.485. The number of carbonyl (C=O) groups is 2. The lowest BCUT2D eigenvalue weighted by atomic mass is 9.99. The van der Waals surface area contributed by atoms with E-state index >= 15 is 0 Å². The van der Waals surface area contributed by atoms with Gasteiger partial charge in [-0.05, 0) is 31.4 Å². The Hall–Kier alpha value is -2.80. The van der Waals surface area contributed by atoms with Crippen molar-refractivity contribution in [3.05, 3.63) is 53.2 Å². The van der Waals surface area contributed by atoms with Gasteiger partial charge >= 0.3 is 0 Å². The molecular formula is C23H24N4O2S. The zero-order valence-electron chi connectivity index (χ0n) is 16.7. The lowest BCUT2D eigenvalue weighted by molar-refractivity contribution is -0.134. The number of amides is 2. The van der Waals surface area contributed by atoms with Crippen LogP contribution in [0.4, 0.5) is 5.13 Å². The zero-order chi connectivity index (χ0) is 20.5. The topological polar surface area (TPSA) is 75.2 Å². The molecule has 1 saturated heterocycles. The Morgan fingerprint density at radius 1 is 1.13 bits per heavy atom. The molecule has 1 aliphatic heterocycles. The highest BCUT2D eigenvalue weighted by Gasteiger charge is 2.33. The fraction of sp³-hybridized carbons (Fsp3) is 0.391. The first kappa shape index (κ1) is 19.2. The number of para-hydroxylation sites is 1. The number of hydrogen-bond acceptors (Lipinski definition) is 5. The Morgan fingerprint density at radius 3 is 2.77 bits per heavy atom. The highest BCUT2D eigenvalue weighted by atomic mass is 32.1. The van der Waals surface area contributed by atoms with Crippen molar-refractivity contribution in [3.8, 4) is 0 Å². The molecule has 0 bridgehead atoms. The van der Waals surface area contributed by atoms with Gasteiger partial charge in [-0.2, -0.15) is 0 Å². The summed E-state index contributed by atoms with van der Waals surface area (Å²) >= 11 is 1.39. The molecule has 2 fully saturated rings. The van der Waals surface area contributed by atoms with Crippen LogP contribution in [-0.4, -0.2) is 39.8 Å². The van der Waals surface area contributed by atoms with Gasteiger partial charge in [0.1, 0.15) is 0 Å². The number of nitrogens with one attached hydrogen (secondary N) is 1. The molecule has 2 aromatic heterocycles. The lowest BCUT2D eigenvalue weighted by Gasteiger charge is -2.20. The fourth-order valence-corrected chi connectivity index (χ4v) is 5.20. The second kappa shape index (κ2) is 8.14. The molecule has 30 heavy (non-hydrogen) atoms. The highest BCUT2D eigenvalue weighted by molar-refractivity contribution is 7.13. The van der Waals surface area contributed by atoms with Gasteiger partial charge in [-0.15, -0.1) is 11.3 Å². The minimum Gasteiger partial charge on any atom is -0.342 e. The smallest absolute Gasteiger partial charge is 0.258 e. The summed E-state index contributed by atoms with van der Waals surface area (Å²) in [5.41, 5.74) is 2.30. The van der Waals surface area contributed by atoms with E-state index in [1.54, 1.807) is 6.20 Å². The first-order valence-electron chi connectivity index (χ1n) is 10.6. The van der Waals surface area contributed by atoms with Crippen molar-refractivity contribution in [1.29, 1.82) is 0 Å². The summed E-state index contributed by atoms with van der Waals surface area (Å²) in [6, 6.07) is 9.62. The van der Waals surface area contributed by atoms with Gasteiger partial charge in [0.15, 0.2) is 5.13 Å². The molecule has 0 spiro atoms. The second-order valence-electron chi connectivity index (χ2n) is 8.15. The molecule has 1 aliphatic carbocycles. The fourth-order valence-electron chi connectivity index (χ4n) is 4.68. The Bertz CT molecular complexity index is 1080. The number of aromatic nitrogens is 2. The molecule has 6 nitrogen and oxygen atoms in total. The van der Waals surface area contributed by atoms with Crippen LogP contribution in [-0.2, 0) is 4.79 Å². The van der Waals surface area contributed by atoms with Crippen LogP contribution in [0.3, 0.4) is 0 Å². The first-order valence-corrected chi connectivity index (χ1v) is 11.5. The molecule has 1 N–H and O–H groups in total. The normalized spacial score (nSPS) is 19.5. The molecule has 0 radical (unpaired) electrons. The van der Waals surface area contributed by atoms with Crippen molar-refractivity contribution in [1.82, 2.24) is 14.9 Å². The summed E-state index contributed by atoms with van der Waals surface area (Å²) in [5, 5.41) is 6.13. The lowest BCUT2D eigenvalue weighted by Crippen LogP contribution is -2.33. The SMILES string of the molecule is O=C(Nc1nccs1)c1cc(C2CCN(C(=O)C3CCCC3)C2)nc2ccccc12. The van der Waals surface area contributed by atoms with Crippen LogP contribution in [0.1, 0.15) is 54.1 Å². The van der Waals surface area contributed by atoms with Gasteiger partial charge in [-0.1, -0.05) is 31.0 Å². The number of likely N-dealkylation sites (tertiary alicyclic amines) is 1. The van der Waals surface area contributed by atoms with E-state index in [4.69, 9.17) is 4.98 Å². The van der Waals surface area contributed by atoms with E-state index in [-0.39, 0.29) is 17.7 Å². The third-order valence-corrected chi connectivity index (χ3v) is 6.94. The van der Waals surface area contributed by atoms with Gasteiger partial charge in [-0.3, -0.25) is 19.9 Å². The van der Waals surface area contributed by atoms with Crippen molar-refractivity contribution in [2.24, 2.45) is 5.92 Å². The monoisotopic (exact) mass is 420 g/mol. The van der Waals surface area contributed by atoms with Crippen LogP contribution in [0.15, 0.2) is 41.9 Å². The van der Waals surface area contributed by atoms with Crippen LogP contribution >= 0.6 is 11.3 Å². The number of carbonyl (C=O) groups excluding carboxylic acids is 2. The minimum absolute atomic E-state index is 0.159. The van der Waals surface area contributed by atoms with Gasteiger partial charge in [0, 0.05) is 47.6 Å². The van der Waals surface area contributed by atoms with Gasteiger partial charge in [0.2, 0.25) is 5.91 Å². The van der Waals surface area contributed by atoms with E-state index in [9.17, 15) is 9.59 Å². The van der Waals surface area contributed by atoms with Crippen molar-refractivity contribution in [2.45, 2.75) is 38.0 Å². The Balaban J connectivity index is 1.42. The van der Waals surface area contributed by atoms with Crippen molar-refractivity contribution in [2.75, 3.05) is 18.4 Å². The van der Waals surface area contributed by atoms with E-state index in [2.05, 4.69) is 10.3 Å². The summed E-state index contributed by atoms with van der Waals surface area (Å²) in [6.45, 7) is 1.46. The summed E-state index contributed by atoms with van der Waals surface area (Å²) in [6.07, 6.45) is 6.93. The average Bonchev–Trinajstić information content (AvgIpc) is 3.55. The zero-order valence-corrected chi connectivity index (χ0v) is 17.5. The molecule has 2 amide bonds. The number of benzene rings is 1. The Labute approximate surface area is 179 Å². The third kappa shape index (κ3) is 3.69. The molecule has 1 atom stereocenters. The van der Waals surface area contributed by atoms with E-state index in [1.165, 1.54) is 11.3 Å². The molecule has 1 unspecified atom stereocenters. The summed E-state index contributed by atoms with van der Waals surface area (Å²) in [4.78, 5) is 36.8. The molecule has 5 rings (SSSR count). The van der Waals surface area contributed by atoms with Crippen LogP contribution in [0.25, 0.3) is 10.9 Å². The number of fused-ring (bicyclic) bond motifs is 1. The maximum absolute atomic E-state index is 13.0. The number of anilines is 1. The van der Waals surface area contributed by atoms with Crippen LogP contribution < -0.4 is 5.32 Å². The van der Waals surface area contributed by atoms with Crippen LogP contribution in [0.5, 0.6) is 0 Å². The largest absolute Gasteiger partial charge is 0.342 e. The third-order valence-electron chi connectivity index (χ3n) is 6.26. The Morgan fingerprint density at radius 2 is 1.97 bits per heavy atom. The minimum atomic E-state index is -0.179. The molecule has 3 heterocycles. The molecule has 2 aliphatic rings. The van der Waals surface area contributed by atoms with Gasteiger partial charge in [0.25, 0.3) is 5.91 Å². The maximum atomic E-state index is 13.0. The van der Waals surface area contributed by atoms with Crippen molar-refractivity contribution >= 4 is 39.2 Å². The van der Waals surface area contributed by atoms with Gasteiger partial charge < -0.3 is 4.90 Å². The van der Waals surface area contributed by atoms with E-state index in [0.717, 1.165) is 55.2 Å². The van der Waals surface area contributed by atoms with Gasteiger partial charge in [-0.25, -0.2) is 4.98 Å². The number of hydrogen-bond donors (Lipinski definition) is 1. The molecular weight excluding hydrogens is 396 g/mol. The van der Waals surface area contributed by atoms with E-state index in [1.807, 2.05) is 40.6 Å². The second-order valence-corrected chi connectivity index (χ2v) is 9.05. The number of rotatable bonds is 4. The van der Waals surface area contributed by atoms with Crippen LogP contribution in [0.2, 0.25) is 0 Å². The molecule has 1 saturated carbocycles. The van der Waals surface area contributed by atoms with Crippen molar-refractivity contribution < 1.29 is 9.59 Å².